The van der Waals surface area contributed by atoms with Gasteiger partial charge in [0.1, 0.15) is 5.75 Å². The quantitative estimate of drug-likeness (QED) is 0.721. The number of rotatable bonds is 5. The van der Waals surface area contributed by atoms with Crippen LogP contribution in [-0.4, -0.2) is 49.0 Å². The van der Waals surface area contributed by atoms with Crippen LogP contribution >= 0.6 is 11.8 Å². The number of likely N-dealkylation sites (tertiary alicyclic amines) is 1. The summed E-state index contributed by atoms with van der Waals surface area (Å²) in [6, 6.07) is 7.84. The molecule has 29 heavy (non-hydrogen) atoms. The molecule has 1 unspecified atom stereocenters. The minimum absolute atomic E-state index is 0.201. The number of nitrogens with zero attached hydrogens (tertiary/aromatic N) is 4. The minimum Gasteiger partial charge on any atom is -0.508 e. The van der Waals surface area contributed by atoms with E-state index >= 15 is 0 Å². The van der Waals surface area contributed by atoms with Crippen molar-refractivity contribution in [1.82, 2.24) is 19.7 Å². The molecule has 2 aromatic rings. The van der Waals surface area contributed by atoms with Crippen molar-refractivity contribution in [2.75, 3.05) is 12.3 Å². The normalized spacial score (nSPS) is 20.7. The summed E-state index contributed by atoms with van der Waals surface area (Å²) < 4.78 is 2.24. The molecule has 1 saturated carbocycles. The summed E-state index contributed by atoms with van der Waals surface area (Å²) in [6.07, 6.45) is 9.36. The lowest BCUT2D eigenvalue weighted by molar-refractivity contribution is -0.131. The number of benzene rings is 1. The summed E-state index contributed by atoms with van der Waals surface area (Å²) in [4.78, 5) is 14.8. The Morgan fingerprint density at radius 2 is 1.79 bits per heavy atom. The topological polar surface area (TPSA) is 71.2 Å². The number of carbonyl (C=O) groups excluding carboxylic acids is 1. The first-order valence-electron chi connectivity index (χ1n) is 10.8. The number of aromatic nitrogens is 3. The number of hydrogen-bond donors (Lipinski definition) is 1. The van der Waals surface area contributed by atoms with Gasteiger partial charge in [0.15, 0.2) is 11.0 Å². The molecule has 1 saturated heterocycles. The maximum Gasteiger partial charge on any atom is 0.233 e. The standard InChI is InChI=1S/C22H30N4O2S/c1-16-7-5-6-14-25(16)20(28)15-29-22-24-23-21(17-10-12-19(27)13-11-17)26(22)18-8-3-2-4-9-18/h10-13,16,18,27H,2-9,14-15H2,1H3. The lowest BCUT2D eigenvalue weighted by Gasteiger charge is -2.33. The van der Waals surface area contributed by atoms with Crippen LogP contribution in [-0.2, 0) is 4.79 Å². The van der Waals surface area contributed by atoms with Gasteiger partial charge in [-0.2, -0.15) is 0 Å². The Morgan fingerprint density at radius 3 is 2.52 bits per heavy atom. The van der Waals surface area contributed by atoms with Gasteiger partial charge in [-0.3, -0.25) is 9.36 Å². The van der Waals surface area contributed by atoms with Gasteiger partial charge in [-0.15, -0.1) is 10.2 Å². The summed E-state index contributed by atoms with van der Waals surface area (Å²) in [7, 11) is 0. The molecule has 1 aromatic carbocycles. The summed E-state index contributed by atoms with van der Waals surface area (Å²) in [5, 5.41) is 19.4. The Morgan fingerprint density at radius 1 is 1.07 bits per heavy atom. The molecule has 0 spiro atoms. The Kier molecular flexibility index (Phi) is 6.43. The van der Waals surface area contributed by atoms with Crippen LogP contribution in [0.25, 0.3) is 11.4 Å². The summed E-state index contributed by atoms with van der Waals surface area (Å²) >= 11 is 1.51. The monoisotopic (exact) mass is 414 g/mol. The molecule has 1 aliphatic heterocycles. The smallest absolute Gasteiger partial charge is 0.233 e. The number of aromatic hydroxyl groups is 1. The Balaban J connectivity index is 1.55. The number of hydrogen-bond acceptors (Lipinski definition) is 5. The van der Waals surface area contributed by atoms with Crippen LogP contribution in [0.5, 0.6) is 5.75 Å². The zero-order valence-corrected chi connectivity index (χ0v) is 17.9. The van der Waals surface area contributed by atoms with Crippen molar-refractivity contribution in [3.63, 3.8) is 0 Å². The van der Waals surface area contributed by atoms with Crippen LogP contribution in [0.15, 0.2) is 29.4 Å². The maximum absolute atomic E-state index is 12.8. The van der Waals surface area contributed by atoms with Crippen molar-refractivity contribution in [2.24, 2.45) is 0 Å². The van der Waals surface area contributed by atoms with Crippen LogP contribution < -0.4 is 0 Å². The predicted molar refractivity (Wildman–Crippen MR) is 115 cm³/mol. The number of amides is 1. The van der Waals surface area contributed by atoms with Gasteiger partial charge in [0.2, 0.25) is 5.91 Å². The van der Waals surface area contributed by atoms with Crippen LogP contribution in [0.4, 0.5) is 0 Å². The second kappa shape index (κ2) is 9.20. The molecule has 1 amide bonds. The number of phenolic OH excluding ortho intramolecular Hbond substituents is 1. The fraction of sp³-hybridized carbons (Fsp3) is 0.591. The van der Waals surface area contributed by atoms with E-state index in [9.17, 15) is 9.90 Å². The molecule has 2 fully saturated rings. The van der Waals surface area contributed by atoms with E-state index in [4.69, 9.17) is 0 Å². The lowest BCUT2D eigenvalue weighted by Crippen LogP contribution is -2.43. The van der Waals surface area contributed by atoms with E-state index in [1.165, 1.54) is 37.4 Å². The molecular weight excluding hydrogens is 384 g/mol. The average Bonchev–Trinajstić information content (AvgIpc) is 3.17. The zero-order valence-electron chi connectivity index (χ0n) is 17.1. The van der Waals surface area contributed by atoms with E-state index in [0.717, 1.165) is 48.8 Å². The van der Waals surface area contributed by atoms with E-state index in [0.29, 0.717) is 17.8 Å². The SMILES string of the molecule is CC1CCCCN1C(=O)CSc1nnc(-c2ccc(O)cc2)n1C1CCCCC1. The van der Waals surface area contributed by atoms with Crippen LogP contribution in [0.3, 0.4) is 0 Å². The van der Waals surface area contributed by atoms with Gasteiger partial charge in [0.25, 0.3) is 0 Å². The van der Waals surface area contributed by atoms with Gasteiger partial charge in [0.05, 0.1) is 5.75 Å². The molecule has 2 aliphatic rings. The van der Waals surface area contributed by atoms with Gasteiger partial charge >= 0.3 is 0 Å². The van der Waals surface area contributed by atoms with Crippen molar-refractivity contribution in [3.8, 4) is 17.1 Å². The van der Waals surface area contributed by atoms with E-state index in [1.54, 1.807) is 12.1 Å². The van der Waals surface area contributed by atoms with E-state index in [-0.39, 0.29) is 11.7 Å². The second-order valence-corrected chi connectivity index (χ2v) is 9.18. The Hall–Kier alpha value is -2.02. The van der Waals surface area contributed by atoms with Crippen LogP contribution in [0, 0.1) is 0 Å². The van der Waals surface area contributed by atoms with E-state index in [2.05, 4.69) is 21.7 Å². The van der Waals surface area contributed by atoms with Gasteiger partial charge < -0.3 is 10.0 Å². The van der Waals surface area contributed by atoms with Crippen molar-refractivity contribution in [3.05, 3.63) is 24.3 Å². The molecule has 6 nitrogen and oxygen atoms in total. The first-order valence-corrected chi connectivity index (χ1v) is 11.8. The molecule has 0 bridgehead atoms. The molecule has 4 rings (SSSR count). The molecule has 1 aromatic heterocycles. The fourth-order valence-electron chi connectivity index (χ4n) is 4.53. The molecule has 7 heteroatoms. The zero-order chi connectivity index (χ0) is 20.2. The highest BCUT2D eigenvalue weighted by atomic mass is 32.2. The first kappa shape index (κ1) is 20.3. The largest absolute Gasteiger partial charge is 0.508 e. The third-order valence-electron chi connectivity index (χ3n) is 6.18. The highest BCUT2D eigenvalue weighted by Crippen LogP contribution is 2.36. The first-order chi connectivity index (χ1) is 14.1. The summed E-state index contributed by atoms with van der Waals surface area (Å²) in [6.45, 7) is 3.02. The number of carbonyl (C=O) groups is 1. The third kappa shape index (κ3) is 4.60. The molecule has 1 N–H and O–H groups in total. The van der Waals surface area contributed by atoms with E-state index in [1.807, 2.05) is 17.0 Å². The van der Waals surface area contributed by atoms with Crippen molar-refractivity contribution in [1.29, 1.82) is 0 Å². The van der Waals surface area contributed by atoms with Crippen LogP contribution in [0.1, 0.15) is 64.3 Å². The highest BCUT2D eigenvalue weighted by Gasteiger charge is 2.27. The third-order valence-corrected chi connectivity index (χ3v) is 7.11. The molecule has 2 heterocycles. The molecule has 156 valence electrons. The van der Waals surface area contributed by atoms with E-state index < -0.39 is 0 Å². The molecule has 1 atom stereocenters. The predicted octanol–water partition coefficient (Wildman–Crippen LogP) is 4.65. The highest BCUT2D eigenvalue weighted by molar-refractivity contribution is 7.99. The molecule has 1 aliphatic carbocycles. The molecular formula is C22H30N4O2S. The lowest BCUT2D eigenvalue weighted by atomic mass is 9.95. The van der Waals surface area contributed by atoms with Gasteiger partial charge in [0, 0.05) is 24.2 Å². The van der Waals surface area contributed by atoms with Gasteiger partial charge in [-0.05, 0) is 63.3 Å². The van der Waals surface area contributed by atoms with Crippen molar-refractivity contribution >= 4 is 17.7 Å². The van der Waals surface area contributed by atoms with Gasteiger partial charge in [-0.25, -0.2) is 0 Å². The van der Waals surface area contributed by atoms with Crippen molar-refractivity contribution < 1.29 is 9.90 Å². The second-order valence-electron chi connectivity index (χ2n) is 8.24. The average molecular weight is 415 g/mol. The summed E-state index contributed by atoms with van der Waals surface area (Å²) in [5.41, 5.74) is 0.948. The Labute approximate surface area is 176 Å². The number of piperidine rings is 1. The Bertz CT molecular complexity index is 830. The van der Waals surface area contributed by atoms with Crippen LogP contribution in [0.2, 0.25) is 0 Å². The van der Waals surface area contributed by atoms with Crippen molar-refractivity contribution in [2.45, 2.75) is 75.5 Å². The number of phenols is 1. The number of thioether (sulfide) groups is 1. The molecule has 0 radical (unpaired) electrons. The fourth-order valence-corrected chi connectivity index (χ4v) is 5.42. The minimum atomic E-state index is 0.201. The maximum atomic E-state index is 12.8. The van der Waals surface area contributed by atoms with Gasteiger partial charge in [-0.1, -0.05) is 31.0 Å². The summed E-state index contributed by atoms with van der Waals surface area (Å²) in [5.74, 6) is 1.68.